The Kier molecular flexibility index (Phi) is 12.2. The van der Waals surface area contributed by atoms with Crippen molar-refractivity contribution in [3.8, 4) is 0 Å². The van der Waals surface area contributed by atoms with Crippen LogP contribution in [0.3, 0.4) is 0 Å². The molecule has 0 atom stereocenters. The van der Waals surface area contributed by atoms with E-state index in [1.165, 1.54) is 37.2 Å². The molecule has 0 aromatic carbocycles. The lowest BCUT2D eigenvalue weighted by Crippen LogP contribution is -2.43. The number of piperidine rings is 1. The lowest BCUT2D eigenvalue weighted by molar-refractivity contribution is 0.0487. The maximum atomic E-state index is 5.58. The van der Waals surface area contributed by atoms with E-state index in [1.54, 1.807) is 0 Å². The van der Waals surface area contributed by atoms with Crippen molar-refractivity contribution in [2.24, 2.45) is 10.9 Å². The first kappa shape index (κ1) is 23.1. The van der Waals surface area contributed by atoms with E-state index >= 15 is 0 Å². The molecule has 0 amide bonds. The standard InChI is InChI=1S/C21H38N4O2S/c1-3-4-12-26-14-15-27-13-9-23-21(22-2)24-17-19-7-10-25(11-8-19)18-20-6-5-16-28-20/h5-6,16,19H,3-4,7-15,17-18H2,1-2H3,(H2,22,23,24). The summed E-state index contributed by atoms with van der Waals surface area (Å²) in [6, 6.07) is 4.37. The second-order valence-electron chi connectivity index (χ2n) is 7.26. The lowest BCUT2D eigenvalue weighted by Gasteiger charge is -2.32. The predicted molar refractivity (Wildman–Crippen MR) is 118 cm³/mol. The third-order valence-corrected chi connectivity index (χ3v) is 5.86. The molecule has 0 unspecified atom stereocenters. The van der Waals surface area contributed by atoms with Gasteiger partial charge in [0, 0.05) is 38.2 Å². The van der Waals surface area contributed by atoms with Crippen LogP contribution in [-0.2, 0) is 16.0 Å². The molecule has 28 heavy (non-hydrogen) atoms. The van der Waals surface area contributed by atoms with Crippen molar-refractivity contribution in [1.82, 2.24) is 15.5 Å². The van der Waals surface area contributed by atoms with Crippen LogP contribution in [0.25, 0.3) is 0 Å². The SMILES string of the molecule is CCCCOCCOCCNC(=NC)NCC1CCN(Cc2cccs2)CC1. The highest BCUT2D eigenvalue weighted by molar-refractivity contribution is 7.09. The van der Waals surface area contributed by atoms with Crippen LogP contribution >= 0.6 is 11.3 Å². The maximum Gasteiger partial charge on any atom is 0.191 e. The molecule has 1 aromatic heterocycles. The molecule has 1 aromatic rings. The Hall–Kier alpha value is -1.15. The first-order valence-corrected chi connectivity index (χ1v) is 11.5. The number of nitrogens with one attached hydrogen (secondary N) is 2. The second kappa shape index (κ2) is 14.8. The fourth-order valence-corrected chi connectivity index (χ4v) is 3.99. The molecule has 1 aliphatic heterocycles. The molecule has 0 spiro atoms. The zero-order chi connectivity index (χ0) is 19.9. The number of unbranched alkanes of at least 4 members (excludes halogenated alkanes) is 1. The zero-order valence-corrected chi connectivity index (χ0v) is 18.4. The summed E-state index contributed by atoms with van der Waals surface area (Å²) in [5.74, 6) is 1.58. The summed E-state index contributed by atoms with van der Waals surface area (Å²) in [5, 5.41) is 8.95. The van der Waals surface area contributed by atoms with Crippen molar-refractivity contribution in [1.29, 1.82) is 0 Å². The highest BCUT2D eigenvalue weighted by Gasteiger charge is 2.19. The summed E-state index contributed by atoms with van der Waals surface area (Å²) >= 11 is 1.86. The number of thiophene rings is 1. The number of nitrogens with zero attached hydrogens (tertiary/aromatic N) is 2. The van der Waals surface area contributed by atoms with Gasteiger partial charge < -0.3 is 20.1 Å². The molecule has 2 rings (SSSR count). The van der Waals surface area contributed by atoms with Crippen molar-refractivity contribution < 1.29 is 9.47 Å². The van der Waals surface area contributed by atoms with Crippen molar-refractivity contribution in [2.75, 3.05) is 59.7 Å². The number of ether oxygens (including phenoxy) is 2. The number of aliphatic imine (C=N–C) groups is 1. The molecule has 1 aliphatic rings. The molecule has 2 N–H and O–H groups in total. The fourth-order valence-electron chi connectivity index (χ4n) is 3.24. The van der Waals surface area contributed by atoms with Gasteiger partial charge in [0.25, 0.3) is 0 Å². The molecule has 0 bridgehead atoms. The Balaban J connectivity index is 1.47. The average molecular weight is 411 g/mol. The van der Waals surface area contributed by atoms with E-state index < -0.39 is 0 Å². The van der Waals surface area contributed by atoms with Gasteiger partial charge in [-0.15, -0.1) is 11.3 Å². The van der Waals surface area contributed by atoms with E-state index in [-0.39, 0.29) is 0 Å². The molecule has 1 saturated heterocycles. The summed E-state index contributed by atoms with van der Waals surface area (Å²) in [5.41, 5.74) is 0. The van der Waals surface area contributed by atoms with Crippen LogP contribution in [-0.4, -0.2) is 70.5 Å². The van der Waals surface area contributed by atoms with Crippen molar-refractivity contribution in [3.63, 3.8) is 0 Å². The van der Waals surface area contributed by atoms with Gasteiger partial charge in [0.2, 0.25) is 0 Å². The monoisotopic (exact) mass is 410 g/mol. The van der Waals surface area contributed by atoms with Gasteiger partial charge in [-0.05, 0) is 49.7 Å². The Morgan fingerprint density at radius 1 is 1.18 bits per heavy atom. The molecule has 0 saturated carbocycles. The summed E-state index contributed by atoms with van der Waals surface area (Å²) in [4.78, 5) is 8.35. The molecule has 6 nitrogen and oxygen atoms in total. The molecular weight excluding hydrogens is 372 g/mol. The van der Waals surface area contributed by atoms with Crippen LogP contribution in [0.1, 0.15) is 37.5 Å². The number of guanidine groups is 1. The highest BCUT2D eigenvalue weighted by atomic mass is 32.1. The minimum atomic E-state index is 0.654. The minimum Gasteiger partial charge on any atom is -0.379 e. The minimum absolute atomic E-state index is 0.654. The van der Waals surface area contributed by atoms with Crippen molar-refractivity contribution >= 4 is 17.3 Å². The van der Waals surface area contributed by atoms with Crippen LogP contribution in [0.2, 0.25) is 0 Å². The molecule has 160 valence electrons. The van der Waals surface area contributed by atoms with Crippen LogP contribution in [0, 0.1) is 5.92 Å². The van der Waals surface area contributed by atoms with Crippen LogP contribution in [0.4, 0.5) is 0 Å². The van der Waals surface area contributed by atoms with Crippen LogP contribution in [0.5, 0.6) is 0 Å². The van der Waals surface area contributed by atoms with Crippen molar-refractivity contribution in [3.05, 3.63) is 22.4 Å². The summed E-state index contributed by atoms with van der Waals surface area (Å²) < 4.78 is 11.1. The number of rotatable bonds is 13. The van der Waals surface area contributed by atoms with E-state index in [2.05, 4.69) is 45.0 Å². The quantitative estimate of drug-likeness (QED) is 0.297. The molecule has 1 fully saturated rings. The van der Waals surface area contributed by atoms with Crippen LogP contribution in [0.15, 0.2) is 22.5 Å². The summed E-state index contributed by atoms with van der Waals surface area (Å²) in [7, 11) is 1.82. The summed E-state index contributed by atoms with van der Waals surface area (Å²) in [6.07, 6.45) is 4.79. The number of likely N-dealkylation sites (tertiary alicyclic amines) is 1. The van der Waals surface area contributed by atoms with E-state index in [1.807, 2.05) is 18.4 Å². The maximum absolute atomic E-state index is 5.58. The van der Waals surface area contributed by atoms with Crippen LogP contribution < -0.4 is 10.6 Å². The first-order valence-electron chi connectivity index (χ1n) is 10.7. The predicted octanol–water partition coefficient (Wildman–Crippen LogP) is 2.96. The number of hydrogen-bond acceptors (Lipinski definition) is 5. The van der Waals surface area contributed by atoms with Crippen molar-refractivity contribution in [2.45, 2.75) is 39.2 Å². The third kappa shape index (κ3) is 9.87. The van der Waals surface area contributed by atoms with Gasteiger partial charge in [0.15, 0.2) is 5.96 Å². The summed E-state index contributed by atoms with van der Waals surface area (Å²) in [6.45, 7) is 10.2. The van der Waals surface area contributed by atoms with Gasteiger partial charge in [-0.1, -0.05) is 19.4 Å². The van der Waals surface area contributed by atoms with Gasteiger partial charge >= 0.3 is 0 Å². The molecule has 0 radical (unpaired) electrons. The largest absolute Gasteiger partial charge is 0.379 e. The van der Waals surface area contributed by atoms with E-state index in [4.69, 9.17) is 9.47 Å². The fraction of sp³-hybridized carbons (Fsp3) is 0.762. The Bertz CT molecular complexity index is 516. The smallest absolute Gasteiger partial charge is 0.191 e. The van der Waals surface area contributed by atoms with E-state index in [9.17, 15) is 0 Å². The van der Waals surface area contributed by atoms with E-state index in [0.717, 1.165) is 44.5 Å². The van der Waals surface area contributed by atoms with Gasteiger partial charge in [-0.25, -0.2) is 0 Å². The van der Waals surface area contributed by atoms with Gasteiger partial charge in [0.1, 0.15) is 0 Å². The Morgan fingerprint density at radius 2 is 1.96 bits per heavy atom. The molecule has 7 heteroatoms. The van der Waals surface area contributed by atoms with Gasteiger partial charge in [0.05, 0.1) is 19.8 Å². The highest BCUT2D eigenvalue weighted by Crippen LogP contribution is 2.20. The number of hydrogen-bond donors (Lipinski definition) is 2. The second-order valence-corrected chi connectivity index (χ2v) is 8.29. The molecular formula is C21H38N4O2S. The molecule has 0 aliphatic carbocycles. The van der Waals surface area contributed by atoms with E-state index in [0.29, 0.717) is 19.8 Å². The van der Waals surface area contributed by atoms with Gasteiger partial charge in [-0.3, -0.25) is 9.89 Å². The normalized spacial score (nSPS) is 16.4. The lowest BCUT2D eigenvalue weighted by atomic mass is 9.97. The third-order valence-electron chi connectivity index (χ3n) is 5.00. The molecule has 2 heterocycles. The van der Waals surface area contributed by atoms with Gasteiger partial charge in [-0.2, -0.15) is 0 Å². The first-order chi connectivity index (χ1) is 13.8. The topological polar surface area (TPSA) is 58.1 Å². The average Bonchev–Trinajstić information content (AvgIpc) is 3.23. The Labute approximate surface area is 174 Å². The Morgan fingerprint density at radius 3 is 2.64 bits per heavy atom. The zero-order valence-electron chi connectivity index (χ0n) is 17.6.